The molecule has 0 atom stereocenters. The van der Waals surface area contributed by atoms with Crippen LogP contribution in [-0.4, -0.2) is 35.3 Å². The zero-order valence-electron chi connectivity index (χ0n) is 7.89. The van der Waals surface area contributed by atoms with Crippen LogP contribution in [0.4, 0.5) is 4.79 Å². The Morgan fingerprint density at radius 3 is 2.73 bits per heavy atom. The van der Waals surface area contributed by atoms with Crippen LogP contribution in [0, 0.1) is 0 Å². The van der Waals surface area contributed by atoms with Gasteiger partial charge in [0, 0.05) is 0 Å². The molecule has 1 aromatic rings. The largest absolute Gasteiger partial charge is 0.415 e. The van der Waals surface area contributed by atoms with E-state index in [0.717, 1.165) is 4.47 Å². The van der Waals surface area contributed by atoms with E-state index >= 15 is 0 Å². The molecule has 15 heavy (non-hydrogen) atoms. The highest BCUT2D eigenvalue weighted by Crippen LogP contribution is 2.25. The molecule has 5 heteroatoms. The molecule has 0 spiro atoms. The number of aliphatic hydroxyl groups is 1. The van der Waals surface area contributed by atoms with Crippen molar-refractivity contribution >= 4 is 22.0 Å². The van der Waals surface area contributed by atoms with E-state index in [2.05, 4.69) is 15.9 Å². The van der Waals surface area contributed by atoms with Crippen molar-refractivity contribution in [3.63, 3.8) is 0 Å². The summed E-state index contributed by atoms with van der Waals surface area (Å²) in [7, 11) is 0. The molecule has 4 nitrogen and oxygen atoms in total. The van der Waals surface area contributed by atoms with Gasteiger partial charge in [-0.05, 0) is 28.1 Å². The van der Waals surface area contributed by atoms with Crippen molar-refractivity contribution in [1.29, 1.82) is 0 Å². The molecule has 0 bridgehead atoms. The van der Waals surface area contributed by atoms with E-state index in [0.29, 0.717) is 18.8 Å². The highest BCUT2D eigenvalue weighted by molar-refractivity contribution is 9.10. The SMILES string of the molecule is O=C(Oc1ccccc1Br)N1CC(O)C1. The molecule has 2 rings (SSSR count). The molecule has 0 radical (unpaired) electrons. The zero-order chi connectivity index (χ0) is 10.8. The van der Waals surface area contributed by atoms with Crippen LogP contribution in [0.3, 0.4) is 0 Å². The molecule has 0 aliphatic carbocycles. The van der Waals surface area contributed by atoms with Crippen LogP contribution in [0.5, 0.6) is 5.75 Å². The van der Waals surface area contributed by atoms with E-state index < -0.39 is 12.2 Å². The summed E-state index contributed by atoms with van der Waals surface area (Å²) in [5, 5.41) is 9.03. The number of carbonyl (C=O) groups is 1. The topological polar surface area (TPSA) is 49.8 Å². The number of rotatable bonds is 1. The molecule has 1 N–H and O–H groups in total. The second-order valence-electron chi connectivity index (χ2n) is 3.36. The van der Waals surface area contributed by atoms with Gasteiger partial charge in [0.05, 0.1) is 23.7 Å². The fourth-order valence-electron chi connectivity index (χ4n) is 1.29. The second-order valence-corrected chi connectivity index (χ2v) is 4.21. The number of para-hydroxylation sites is 1. The normalized spacial score (nSPS) is 16.0. The Labute approximate surface area is 95.6 Å². The number of β-amino-alcohol motifs (C(OH)–C–C–N with tert-alkyl or cyclic N) is 1. The maximum Gasteiger partial charge on any atom is 0.415 e. The Morgan fingerprint density at radius 2 is 2.13 bits per heavy atom. The van der Waals surface area contributed by atoms with Gasteiger partial charge in [0.25, 0.3) is 0 Å². The standard InChI is InChI=1S/C10H10BrNO3/c11-8-3-1-2-4-9(8)15-10(14)12-5-7(13)6-12/h1-4,7,13H,5-6H2. The second kappa shape index (κ2) is 4.20. The van der Waals surface area contributed by atoms with Crippen molar-refractivity contribution in [2.45, 2.75) is 6.10 Å². The molecular weight excluding hydrogens is 262 g/mol. The lowest BCUT2D eigenvalue weighted by atomic mass is 10.2. The van der Waals surface area contributed by atoms with E-state index in [-0.39, 0.29) is 0 Å². The van der Waals surface area contributed by atoms with Crippen LogP contribution in [-0.2, 0) is 0 Å². The molecule has 0 saturated carbocycles. The first-order valence-corrected chi connectivity index (χ1v) is 5.35. The highest BCUT2D eigenvalue weighted by Gasteiger charge is 2.30. The average Bonchev–Trinajstić information content (AvgIpc) is 2.17. The van der Waals surface area contributed by atoms with Gasteiger partial charge in [0.15, 0.2) is 0 Å². The summed E-state index contributed by atoms with van der Waals surface area (Å²) in [6.07, 6.45) is -0.830. The monoisotopic (exact) mass is 271 g/mol. The molecule has 80 valence electrons. The number of hydrogen-bond donors (Lipinski definition) is 1. The quantitative estimate of drug-likeness (QED) is 0.845. The lowest BCUT2D eigenvalue weighted by Gasteiger charge is -2.34. The minimum Gasteiger partial charge on any atom is -0.409 e. The van der Waals surface area contributed by atoms with Gasteiger partial charge in [-0.1, -0.05) is 12.1 Å². The van der Waals surface area contributed by atoms with Gasteiger partial charge < -0.3 is 14.7 Å². The van der Waals surface area contributed by atoms with Gasteiger partial charge in [-0.3, -0.25) is 0 Å². The van der Waals surface area contributed by atoms with Gasteiger partial charge in [-0.2, -0.15) is 0 Å². The average molecular weight is 272 g/mol. The number of benzene rings is 1. The third kappa shape index (κ3) is 2.30. The van der Waals surface area contributed by atoms with Crippen LogP contribution in [0.2, 0.25) is 0 Å². The first-order chi connectivity index (χ1) is 7.16. The van der Waals surface area contributed by atoms with E-state index in [1.165, 1.54) is 4.90 Å². The highest BCUT2D eigenvalue weighted by atomic mass is 79.9. The lowest BCUT2D eigenvalue weighted by molar-refractivity contribution is 0.0126. The van der Waals surface area contributed by atoms with Crippen molar-refractivity contribution < 1.29 is 14.6 Å². The number of carbonyl (C=O) groups excluding carboxylic acids is 1. The molecule has 0 aromatic heterocycles. The molecule has 1 amide bonds. The van der Waals surface area contributed by atoms with E-state index in [4.69, 9.17) is 9.84 Å². The minimum absolute atomic E-state index is 0.350. The predicted octanol–water partition coefficient (Wildman–Crippen LogP) is 1.62. The van der Waals surface area contributed by atoms with E-state index in [9.17, 15) is 4.79 Å². The number of nitrogens with zero attached hydrogens (tertiary/aromatic N) is 1. The smallest absolute Gasteiger partial charge is 0.409 e. The van der Waals surface area contributed by atoms with Crippen molar-refractivity contribution in [3.05, 3.63) is 28.7 Å². The Balaban J connectivity index is 1.97. The lowest BCUT2D eigenvalue weighted by Crippen LogP contribution is -2.54. The molecule has 1 aliphatic rings. The molecular formula is C10H10BrNO3. The Bertz CT molecular complexity index is 377. The van der Waals surface area contributed by atoms with Crippen LogP contribution >= 0.6 is 15.9 Å². The number of likely N-dealkylation sites (tertiary alicyclic amines) is 1. The molecule has 1 heterocycles. The summed E-state index contributed by atoms with van der Waals surface area (Å²) < 4.78 is 5.86. The summed E-state index contributed by atoms with van der Waals surface area (Å²) in [6.45, 7) is 0.701. The van der Waals surface area contributed by atoms with Crippen LogP contribution < -0.4 is 4.74 Å². The van der Waals surface area contributed by atoms with Crippen LogP contribution in [0.1, 0.15) is 0 Å². The first-order valence-electron chi connectivity index (χ1n) is 4.56. The first kappa shape index (κ1) is 10.4. The van der Waals surface area contributed by atoms with Crippen molar-refractivity contribution in [2.24, 2.45) is 0 Å². The molecule has 0 unspecified atom stereocenters. The number of ether oxygens (including phenoxy) is 1. The summed E-state index contributed by atoms with van der Waals surface area (Å²) in [4.78, 5) is 12.9. The Kier molecular flexibility index (Phi) is 2.93. The van der Waals surface area contributed by atoms with Gasteiger partial charge in [-0.25, -0.2) is 4.79 Å². The van der Waals surface area contributed by atoms with E-state index in [1.807, 2.05) is 6.07 Å². The third-order valence-electron chi connectivity index (χ3n) is 2.15. The third-order valence-corrected chi connectivity index (χ3v) is 2.81. The fraction of sp³-hybridized carbons (Fsp3) is 0.300. The molecule has 1 aliphatic heterocycles. The number of halogens is 1. The molecule has 1 fully saturated rings. The maximum atomic E-state index is 11.5. The number of aliphatic hydroxyl groups excluding tert-OH is 1. The van der Waals surface area contributed by atoms with Crippen molar-refractivity contribution in [1.82, 2.24) is 4.90 Å². The maximum absolute atomic E-state index is 11.5. The Hall–Kier alpha value is -1.07. The van der Waals surface area contributed by atoms with Crippen LogP contribution in [0.25, 0.3) is 0 Å². The molecule has 1 saturated heterocycles. The molecule has 1 aromatic carbocycles. The van der Waals surface area contributed by atoms with E-state index in [1.54, 1.807) is 18.2 Å². The van der Waals surface area contributed by atoms with Crippen molar-refractivity contribution in [2.75, 3.05) is 13.1 Å². The summed E-state index contributed by atoms with van der Waals surface area (Å²) >= 11 is 3.28. The summed E-state index contributed by atoms with van der Waals surface area (Å²) in [6, 6.07) is 7.14. The zero-order valence-corrected chi connectivity index (χ0v) is 9.48. The van der Waals surface area contributed by atoms with Gasteiger partial charge in [0.2, 0.25) is 0 Å². The number of amides is 1. The minimum atomic E-state index is -0.424. The fourth-order valence-corrected chi connectivity index (χ4v) is 1.66. The van der Waals surface area contributed by atoms with Gasteiger partial charge in [-0.15, -0.1) is 0 Å². The number of hydrogen-bond acceptors (Lipinski definition) is 3. The van der Waals surface area contributed by atoms with Crippen LogP contribution in [0.15, 0.2) is 28.7 Å². The van der Waals surface area contributed by atoms with Gasteiger partial charge in [0.1, 0.15) is 5.75 Å². The summed E-state index contributed by atoms with van der Waals surface area (Å²) in [5.74, 6) is 0.490. The Morgan fingerprint density at radius 1 is 1.47 bits per heavy atom. The van der Waals surface area contributed by atoms with Crippen molar-refractivity contribution in [3.8, 4) is 5.75 Å². The predicted molar refractivity (Wildman–Crippen MR) is 57.7 cm³/mol. The summed E-state index contributed by atoms with van der Waals surface area (Å²) in [5.41, 5.74) is 0. The van der Waals surface area contributed by atoms with Gasteiger partial charge >= 0.3 is 6.09 Å².